The van der Waals surface area contributed by atoms with Gasteiger partial charge in [-0.25, -0.2) is 9.59 Å². The van der Waals surface area contributed by atoms with Crippen molar-refractivity contribution in [1.82, 2.24) is 5.32 Å². The van der Waals surface area contributed by atoms with Crippen LogP contribution in [0.15, 0.2) is 22.7 Å². The van der Waals surface area contributed by atoms with E-state index in [-0.39, 0.29) is 6.73 Å². The number of nitrogens with one attached hydrogen (secondary N) is 1. The normalized spacial score (nSPS) is 10.7. The highest BCUT2D eigenvalue weighted by molar-refractivity contribution is 9.10. The van der Waals surface area contributed by atoms with Crippen molar-refractivity contribution in [2.75, 3.05) is 13.8 Å². The smallest absolute Gasteiger partial charge is 0.410 e. The van der Waals surface area contributed by atoms with E-state index in [9.17, 15) is 9.59 Å². The first kappa shape index (κ1) is 17.3. The average Bonchev–Trinajstić information content (AvgIpc) is 2.38. The van der Waals surface area contributed by atoms with Crippen molar-refractivity contribution in [2.45, 2.75) is 26.4 Å². The minimum absolute atomic E-state index is 0.0852. The first-order valence-corrected chi connectivity index (χ1v) is 7.00. The predicted octanol–water partition coefficient (Wildman–Crippen LogP) is 3.10. The van der Waals surface area contributed by atoms with Crippen molar-refractivity contribution >= 4 is 28.0 Å². The number of methoxy groups -OCH3 is 1. The summed E-state index contributed by atoms with van der Waals surface area (Å²) in [4.78, 5) is 22.9. The summed E-state index contributed by atoms with van der Waals surface area (Å²) in [5.74, 6) is -0.0542. The summed E-state index contributed by atoms with van der Waals surface area (Å²) < 4.78 is 15.7. The van der Waals surface area contributed by atoms with Crippen LogP contribution in [0, 0.1) is 0 Å². The third-order valence-corrected chi connectivity index (χ3v) is 2.85. The van der Waals surface area contributed by atoms with E-state index in [1.807, 2.05) is 0 Å². The van der Waals surface area contributed by atoms with Gasteiger partial charge in [-0.05, 0) is 54.9 Å². The van der Waals surface area contributed by atoms with Crippen molar-refractivity contribution in [3.8, 4) is 5.75 Å². The molecular weight excluding hydrogens is 342 g/mol. The fourth-order valence-corrected chi connectivity index (χ4v) is 1.71. The molecule has 0 heterocycles. The molecule has 1 rings (SSSR count). The third kappa shape index (κ3) is 6.03. The van der Waals surface area contributed by atoms with Crippen LogP contribution in [0.5, 0.6) is 5.75 Å². The number of carbonyl (C=O) groups excluding carboxylic acids is 2. The number of hydrogen-bond acceptors (Lipinski definition) is 5. The van der Waals surface area contributed by atoms with Gasteiger partial charge in [-0.15, -0.1) is 0 Å². The Labute approximate surface area is 131 Å². The minimum Gasteiger partial charge on any atom is -0.472 e. The number of ether oxygens (including phenoxy) is 3. The molecule has 1 aromatic carbocycles. The SMILES string of the molecule is COC(=O)c1ccc(Br)c(OCNC(=O)OC(C)(C)C)c1. The zero-order valence-electron chi connectivity index (χ0n) is 12.4. The molecule has 1 N–H and O–H groups in total. The lowest BCUT2D eigenvalue weighted by Gasteiger charge is -2.19. The Morgan fingerprint density at radius 2 is 1.95 bits per heavy atom. The van der Waals surface area contributed by atoms with Gasteiger partial charge in [-0.3, -0.25) is 5.32 Å². The highest BCUT2D eigenvalue weighted by Crippen LogP contribution is 2.26. The van der Waals surface area contributed by atoms with E-state index in [1.165, 1.54) is 13.2 Å². The Morgan fingerprint density at radius 3 is 2.52 bits per heavy atom. The van der Waals surface area contributed by atoms with Crippen LogP contribution in [0.3, 0.4) is 0 Å². The zero-order valence-corrected chi connectivity index (χ0v) is 13.9. The number of halogens is 1. The van der Waals surface area contributed by atoms with Gasteiger partial charge in [0.05, 0.1) is 17.1 Å². The molecule has 0 fully saturated rings. The van der Waals surface area contributed by atoms with E-state index in [1.54, 1.807) is 32.9 Å². The lowest BCUT2D eigenvalue weighted by Crippen LogP contribution is -2.34. The largest absolute Gasteiger partial charge is 0.472 e. The Kier molecular flexibility index (Phi) is 6.02. The van der Waals surface area contributed by atoms with Crippen LogP contribution < -0.4 is 10.1 Å². The number of rotatable bonds is 4. The number of carbonyl (C=O) groups is 2. The molecule has 0 saturated carbocycles. The van der Waals surface area contributed by atoms with Gasteiger partial charge in [-0.2, -0.15) is 0 Å². The highest BCUT2D eigenvalue weighted by Gasteiger charge is 2.16. The Morgan fingerprint density at radius 1 is 1.29 bits per heavy atom. The van der Waals surface area contributed by atoms with E-state index < -0.39 is 17.7 Å². The van der Waals surface area contributed by atoms with Crippen molar-refractivity contribution < 1.29 is 23.8 Å². The second-order valence-electron chi connectivity index (χ2n) is 5.10. The number of amides is 1. The molecule has 7 heteroatoms. The maximum atomic E-state index is 11.5. The van der Waals surface area contributed by atoms with Crippen LogP contribution in [0.25, 0.3) is 0 Å². The minimum atomic E-state index is -0.581. The molecule has 0 aliphatic heterocycles. The van der Waals surface area contributed by atoms with Gasteiger partial charge in [0.1, 0.15) is 11.4 Å². The molecule has 6 nitrogen and oxygen atoms in total. The van der Waals surface area contributed by atoms with Crippen molar-refractivity contribution in [3.05, 3.63) is 28.2 Å². The molecule has 0 unspecified atom stereocenters. The number of benzene rings is 1. The van der Waals surface area contributed by atoms with Gasteiger partial charge in [0.2, 0.25) is 0 Å². The summed E-state index contributed by atoms with van der Waals surface area (Å²) in [6.07, 6.45) is -0.581. The molecule has 0 aliphatic carbocycles. The fourth-order valence-electron chi connectivity index (χ4n) is 1.35. The average molecular weight is 360 g/mol. The summed E-state index contributed by atoms with van der Waals surface area (Å²) in [5, 5.41) is 2.46. The van der Waals surface area contributed by atoms with Crippen LogP contribution in [0.2, 0.25) is 0 Å². The summed E-state index contributed by atoms with van der Waals surface area (Å²) >= 11 is 3.30. The summed E-state index contributed by atoms with van der Waals surface area (Å²) in [6, 6.07) is 4.78. The van der Waals surface area contributed by atoms with E-state index in [0.29, 0.717) is 15.8 Å². The molecule has 0 saturated heterocycles. The van der Waals surface area contributed by atoms with E-state index >= 15 is 0 Å². The van der Waals surface area contributed by atoms with Gasteiger partial charge in [0, 0.05) is 0 Å². The topological polar surface area (TPSA) is 73.9 Å². The maximum absolute atomic E-state index is 11.5. The molecule has 0 radical (unpaired) electrons. The molecular formula is C14H18BrNO5. The Bertz CT molecular complexity index is 525. The predicted molar refractivity (Wildman–Crippen MR) is 80.3 cm³/mol. The van der Waals surface area contributed by atoms with Crippen molar-refractivity contribution in [1.29, 1.82) is 0 Å². The molecule has 0 bridgehead atoms. The molecule has 0 atom stereocenters. The molecule has 1 amide bonds. The molecule has 1 aromatic rings. The molecule has 0 aliphatic rings. The summed E-state index contributed by atoms with van der Waals surface area (Å²) in [5.41, 5.74) is -0.219. The second-order valence-corrected chi connectivity index (χ2v) is 5.96. The number of hydrogen-bond donors (Lipinski definition) is 1. The van der Waals surface area contributed by atoms with Gasteiger partial charge in [0.25, 0.3) is 0 Å². The maximum Gasteiger partial charge on any atom is 0.410 e. The quantitative estimate of drug-likeness (QED) is 0.660. The first-order chi connectivity index (χ1) is 9.73. The lowest BCUT2D eigenvalue weighted by atomic mass is 10.2. The van der Waals surface area contributed by atoms with Crippen LogP contribution >= 0.6 is 15.9 Å². The van der Waals surface area contributed by atoms with Crippen LogP contribution in [-0.4, -0.2) is 31.5 Å². The third-order valence-electron chi connectivity index (χ3n) is 2.20. The van der Waals surface area contributed by atoms with Crippen LogP contribution in [-0.2, 0) is 9.47 Å². The Balaban J connectivity index is 2.59. The zero-order chi connectivity index (χ0) is 16.0. The number of esters is 1. The molecule has 0 aromatic heterocycles. The second kappa shape index (κ2) is 7.31. The molecule has 0 spiro atoms. The lowest BCUT2D eigenvalue weighted by molar-refractivity contribution is 0.0483. The summed E-state index contributed by atoms with van der Waals surface area (Å²) in [6.45, 7) is 5.22. The number of alkyl carbamates (subject to hydrolysis) is 1. The van der Waals surface area contributed by atoms with Gasteiger partial charge < -0.3 is 14.2 Å². The van der Waals surface area contributed by atoms with Crippen LogP contribution in [0.4, 0.5) is 4.79 Å². The molecule has 116 valence electrons. The van der Waals surface area contributed by atoms with Gasteiger partial charge in [0.15, 0.2) is 6.73 Å². The molecule has 21 heavy (non-hydrogen) atoms. The van der Waals surface area contributed by atoms with Crippen molar-refractivity contribution in [3.63, 3.8) is 0 Å². The monoisotopic (exact) mass is 359 g/mol. The van der Waals surface area contributed by atoms with Gasteiger partial charge >= 0.3 is 12.1 Å². The van der Waals surface area contributed by atoms with Crippen molar-refractivity contribution in [2.24, 2.45) is 0 Å². The first-order valence-electron chi connectivity index (χ1n) is 6.20. The highest BCUT2D eigenvalue weighted by atomic mass is 79.9. The van der Waals surface area contributed by atoms with E-state index in [4.69, 9.17) is 9.47 Å². The standard InChI is InChI=1S/C14H18BrNO5/c1-14(2,3)21-13(18)16-8-20-11-7-9(12(17)19-4)5-6-10(11)15/h5-7H,8H2,1-4H3,(H,16,18). The Hall–Kier alpha value is -1.76. The van der Waals surface area contributed by atoms with E-state index in [2.05, 4.69) is 26.0 Å². The summed E-state index contributed by atoms with van der Waals surface area (Å²) in [7, 11) is 1.30. The van der Waals surface area contributed by atoms with Crippen LogP contribution in [0.1, 0.15) is 31.1 Å². The fraction of sp³-hybridized carbons (Fsp3) is 0.429. The van der Waals surface area contributed by atoms with Gasteiger partial charge in [-0.1, -0.05) is 0 Å². The van der Waals surface area contributed by atoms with E-state index in [0.717, 1.165) is 0 Å².